The number of hydrogen-bond acceptors (Lipinski definition) is 1. The quantitative estimate of drug-likeness (QED) is 0.834. The van der Waals surface area contributed by atoms with Crippen molar-refractivity contribution in [3.8, 4) is 0 Å². The molecule has 2 rings (SSSR count). The van der Waals surface area contributed by atoms with Crippen LogP contribution in [0.4, 0.5) is 0 Å². The first kappa shape index (κ1) is 13.9. The van der Waals surface area contributed by atoms with Crippen LogP contribution < -0.4 is 5.32 Å². The Morgan fingerprint density at radius 1 is 1.00 bits per heavy atom. The van der Waals surface area contributed by atoms with Crippen LogP contribution in [0.1, 0.15) is 32.0 Å². The van der Waals surface area contributed by atoms with E-state index in [1.165, 1.54) is 11.3 Å². The Kier molecular flexibility index (Phi) is 4.80. The lowest BCUT2D eigenvalue weighted by molar-refractivity contribution is 0.420. The molecule has 2 aromatic rings. The largest absolute Gasteiger partial charge is 0.346 e. The molecule has 1 unspecified atom stereocenters. The molecule has 1 aromatic heterocycles. The smallest absolute Gasteiger partial charge is 0.0473 e. The van der Waals surface area contributed by atoms with E-state index >= 15 is 0 Å². The standard InChI is InChI=1S/C17H24N2/c1-14(2)15(3)18-12-17-10-7-11-19(17)13-16-8-5-4-6-9-16/h4-11,14-15,18H,12-13H2,1-3H3. The monoisotopic (exact) mass is 256 g/mol. The summed E-state index contributed by atoms with van der Waals surface area (Å²) in [5.74, 6) is 0.664. The predicted molar refractivity (Wildman–Crippen MR) is 81.1 cm³/mol. The van der Waals surface area contributed by atoms with Crippen molar-refractivity contribution in [1.29, 1.82) is 0 Å². The van der Waals surface area contributed by atoms with Crippen molar-refractivity contribution >= 4 is 0 Å². The second-order valence-electron chi connectivity index (χ2n) is 5.53. The van der Waals surface area contributed by atoms with Gasteiger partial charge in [-0.05, 0) is 30.5 Å². The van der Waals surface area contributed by atoms with Gasteiger partial charge in [-0.2, -0.15) is 0 Å². The highest BCUT2D eigenvalue weighted by atomic mass is 15.0. The molecule has 1 N–H and O–H groups in total. The highest BCUT2D eigenvalue weighted by Gasteiger charge is 2.07. The lowest BCUT2D eigenvalue weighted by atomic mass is 10.1. The van der Waals surface area contributed by atoms with Crippen LogP contribution >= 0.6 is 0 Å². The number of nitrogens with one attached hydrogen (secondary N) is 1. The van der Waals surface area contributed by atoms with Crippen LogP contribution in [0.3, 0.4) is 0 Å². The maximum atomic E-state index is 3.59. The Morgan fingerprint density at radius 2 is 1.74 bits per heavy atom. The summed E-state index contributed by atoms with van der Waals surface area (Å²) in [7, 11) is 0. The van der Waals surface area contributed by atoms with Gasteiger partial charge in [0, 0.05) is 31.0 Å². The Labute approximate surface area is 116 Å². The van der Waals surface area contributed by atoms with Crippen molar-refractivity contribution in [2.45, 2.75) is 39.9 Å². The van der Waals surface area contributed by atoms with Gasteiger partial charge < -0.3 is 9.88 Å². The van der Waals surface area contributed by atoms with Crippen LogP contribution in [-0.4, -0.2) is 10.6 Å². The third kappa shape index (κ3) is 3.97. The second-order valence-corrected chi connectivity index (χ2v) is 5.53. The summed E-state index contributed by atoms with van der Waals surface area (Å²) in [6.45, 7) is 8.62. The summed E-state index contributed by atoms with van der Waals surface area (Å²) in [5, 5.41) is 3.59. The predicted octanol–water partition coefficient (Wildman–Crippen LogP) is 3.67. The highest BCUT2D eigenvalue weighted by Crippen LogP contribution is 2.09. The van der Waals surface area contributed by atoms with Crippen molar-refractivity contribution in [3.05, 3.63) is 59.9 Å². The third-order valence-electron chi connectivity index (χ3n) is 3.72. The van der Waals surface area contributed by atoms with Gasteiger partial charge in [0.05, 0.1) is 0 Å². The molecule has 102 valence electrons. The van der Waals surface area contributed by atoms with Gasteiger partial charge in [-0.3, -0.25) is 0 Å². The summed E-state index contributed by atoms with van der Waals surface area (Å²) in [6, 6.07) is 15.5. The SMILES string of the molecule is CC(C)C(C)NCc1cccn1Cc1ccccc1. The minimum atomic E-state index is 0.542. The average molecular weight is 256 g/mol. The Morgan fingerprint density at radius 3 is 2.42 bits per heavy atom. The molecular weight excluding hydrogens is 232 g/mol. The van der Waals surface area contributed by atoms with E-state index in [-0.39, 0.29) is 0 Å². The van der Waals surface area contributed by atoms with Gasteiger partial charge in [0.15, 0.2) is 0 Å². The van der Waals surface area contributed by atoms with Crippen molar-refractivity contribution in [1.82, 2.24) is 9.88 Å². The normalized spacial score (nSPS) is 12.8. The highest BCUT2D eigenvalue weighted by molar-refractivity contribution is 5.17. The van der Waals surface area contributed by atoms with Crippen molar-refractivity contribution in [3.63, 3.8) is 0 Å². The number of nitrogens with zero attached hydrogens (tertiary/aromatic N) is 1. The molecule has 0 saturated heterocycles. The lowest BCUT2D eigenvalue weighted by Gasteiger charge is -2.18. The molecular formula is C17H24N2. The van der Waals surface area contributed by atoms with E-state index in [2.05, 4.69) is 79.3 Å². The van der Waals surface area contributed by atoms with Gasteiger partial charge in [-0.15, -0.1) is 0 Å². The zero-order chi connectivity index (χ0) is 13.7. The van der Waals surface area contributed by atoms with E-state index in [9.17, 15) is 0 Å². The number of benzene rings is 1. The van der Waals surface area contributed by atoms with Gasteiger partial charge in [0.25, 0.3) is 0 Å². The zero-order valence-corrected chi connectivity index (χ0v) is 12.1. The van der Waals surface area contributed by atoms with Crippen LogP contribution in [0.25, 0.3) is 0 Å². The molecule has 1 heterocycles. The molecule has 0 aliphatic rings. The van der Waals surface area contributed by atoms with Gasteiger partial charge in [0.2, 0.25) is 0 Å². The molecule has 0 saturated carbocycles. The lowest BCUT2D eigenvalue weighted by Crippen LogP contribution is -2.30. The molecule has 2 nitrogen and oxygen atoms in total. The van der Waals surface area contributed by atoms with E-state index in [4.69, 9.17) is 0 Å². The molecule has 0 amide bonds. The average Bonchev–Trinajstić information content (AvgIpc) is 2.84. The maximum absolute atomic E-state index is 3.59. The molecule has 2 heteroatoms. The van der Waals surface area contributed by atoms with E-state index in [0.29, 0.717) is 12.0 Å². The van der Waals surface area contributed by atoms with Gasteiger partial charge in [0.1, 0.15) is 0 Å². The molecule has 0 fully saturated rings. The summed E-state index contributed by atoms with van der Waals surface area (Å²) in [6.07, 6.45) is 2.16. The fourth-order valence-corrected chi connectivity index (χ4v) is 2.05. The van der Waals surface area contributed by atoms with Gasteiger partial charge >= 0.3 is 0 Å². The summed E-state index contributed by atoms with van der Waals surface area (Å²) >= 11 is 0. The molecule has 19 heavy (non-hydrogen) atoms. The fraction of sp³-hybridized carbons (Fsp3) is 0.412. The Hall–Kier alpha value is -1.54. The summed E-state index contributed by atoms with van der Waals surface area (Å²) in [4.78, 5) is 0. The summed E-state index contributed by atoms with van der Waals surface area (Å²) in [5.41, 5.74) is 2.69. The fourth-order valence-electron chi connectivity index (χ4n) is 2.05. The minimum Gasteiger partial charge on any atom is -0.346 e. The first-order valence-electron chi connectivity index (χ1n) is 7.08. The van der Waals surface area contributed by atoms with E-state index in [1.54, 1.807) is 0 Å². The topological polar surface area (TPSA) is 17.0 Å². The van der Waals surface area contributed by atoms with Gasteiger partial charge in [-0.1, -0.05) is 44.2 Å². The molecule has 0 radical (unpaired) electrons. The minimum absolute atomic E-state index is 0.542. The van der Waals surface area contributed by atoms with Crippen molar-refractivity contribution < 1.29 is 0 Å². The van der Waals surface area contributed by atoms with Crippen LogP contribution in [0.5, 0.6) is 0 Å². The number of hydrogen-bond donors (Lipinski definition) is 1. The van der Waals surface area contributed by atoms with Crippen LogP contribution in [0.2, 0.25) is 0 Å². The van der Waals surface area contributed by atoms with Crippen molar-refractivity contribution in [2.75, 3.05) is 0 Å². The molecule has 0 bridgehead atoms. The molecule has 0 aliphatic carbocycles. The van der Waals surface area contributed by atoms with Crippen LogP contribution in [0.15, 0.2) is 48.7 Å². The first-order valence-corrected chi connectivity index (χ1v) is 7.08. The van der Waals surface area contributed by atoms with E-state index in [1.807, 2.05) is 0 Å². The maximum Gasteiger partial charge on any atom is 0.0473 e. The first-order chi connectivity index (χ1) is 9.16. The van der Waals surface area contributed by atoms with Crippen LogP contribution in [-0.2, 0) is 13.1 Å². The van der Waals surface area contributed by atoms with Crippen LogP contribution in [0, 0.1) is 5.92 Å². The third-order valence-corrected chi connectivity index (χ3v) is 3.72. The molecule has 0 spiro atoms. The van der Waals surface area contributed by atoms with Gasteiger partial charge in [-0.25, -0.2) is 0 Å². The van der Waals surface area contributed by atoms with E-state index < -0.39 is 0 Å². The van der Waals surface area contributed by atoms with Crippen molar-refractivity contribution in [2.24, 2.45) is 5.92 Å². The Balaban J connectivity index is 1.98. The molecule has 1 aromatic carbocycles. The summed E-state index contributed by atoms with van der Waals surface area (Å²) < 4.78 is 2.31. The Bertz CT molecular complexity index is 485. The molecule has 0 aliphatic heterocycles. The number of rotatable bonds is 6. The molecule has 1 atom stereocenters. The number of aromatic nitrogens is 1. The second kappa shape index (κ2) is 6.58. The zero-order valence-electron chi connectivity index (χ0n) is 12.1. The van der Waals surface area contributed by atoms with E-state index in [0.717, 1.165) is 13.1 Å².